The van der Waals surface area contributed by atoms with Crippen LogP contribution in [0.3, 0.4) is 0 Å². The highest BCUT2D eigenvalue weighted by Crippen LogP contribution is 2.36. The zero-order valence-corrected chi connectivity index (χ0v) is 17.6. The van der Waals surface area contributed by atoms with Crippen molar-refractivity contribution in [3.63, 3.8) is 0 Å². The van der Waals surface area contributed by atoms with Crippen molar-refractivity contribution in [3.8, 4) is 23.0 Å². The maximum Gasteiger partial charge on any atom is 0.197 e. The van der Waals surface area contributed by atoms with E-state index in [1.165, 1.54) is 67.4 Å². The number of benzene rings is 2. The smallest absolute Gasteiger partial charge is 0.197 e. The van der Waals surface area contributed by atoms with Crippen molar-refractivity contribution in [1.82, 2.24) is 0 Å². The van der Waals surface area contributed by atoms with Crippen LogP contribution in [0.25, 0.3) is 0 Å². The Labute approximate surface area is 169 Å². The number of hydrogen-bond acceptors (Lipinski definition) is 6. The molecule has 0 unspecified atom stereocenters. The van der Waals surface area contributed by atoms with E-state index in [4.69, 9.17) is 18.9 Å². The predicted octanol–water partition coefficient (Wildman–Crippen LogP) is 4.12. The molecule has 6 nitrogen and oxygen atoms in total. The highest BCUT2D eigenvalue weighted by Gasteiger charge is 2.25. The second-order valence-electron chi connectivity index (χ2n) is 6.44. The summed E-state index contributed by atoms with van der Waals surface area (Å²) in [5.41, 5.74) is -1.06. The Kier molecular flexibility index (Phi) is 8.39. The van der Waals surface area contributed by atoms with E-state index in [1.807, 2.05) is 0 Å². The standard InChI is InChI=1S/C11H15FO3.C10H11FO3/c1-11(2,13)7-5-6-8(14-3)10(15-4)9(7)12;1-6(12)7-4-5-8(13-2)10(14-3)9(7)11/h5-6,13H,1-4H3;4-5H,1-3H3. The molecular weight excluding hydrogens is 386 g/mol. The molecule has 8 heteroatoms. The van der Waals surface area contributed by atoms with E-state index in [0.29, 0.717) is 5.75 Å². The summed E-state index contributed by atoms with van der Waals surface area (Å²) in [4.78, 5) is 11.0. The molecule has 29 heavy (non-hydrogen) atoms. The first-order valence-electron chi connectivity index (χ1n) is 8.58. The normalized spacial score (nSPS) is 10.6. The number of hydrogen-bond donors (Lipinski definition) is 1. The van der Waals surface area contributed by atoms with Gasteiger partial charge in [0.1, 0.15) is 0 Å². The highest BCUT2D eigenvalue weighted by atomic mass is 19.1. The van der Waals surface area contributed by atoms with E-state index in [9.17, 15) is 18.7 Å². The molecule has 0 aliphatic carbocycles. The molecule has 0 heterocycles. The molecule has 0 aromatic heterocycles. The van der Waals surface area contributed by atoms with Gasteiger partial charge < -0.3 is 24.1 Å². The van der Waals surface area contributed by atoms with E-state index in [1.54, 1.807) is 6.07 Å². The van der Waals surface area contributed by atoms with E-state index in [-0.39, 0.29) is 34.2 Å². The van der Waals surface area contributed by atoms with Crippen LogP contribution < -0.4 is 18.9 Å². The third-order valence-corrected chi connectivity index (χ3v) is 4.01. The molecule has 0 saturated heterocycles. The van der Waals surface area contributed by atoms with Crippen LogP contribution in [0.2, 0.25) is 0 Å². The van der Waals surface area contributed by atoms with Gasteiger partial charge in [-0.3, -0.25) is 4.79 Å². The molecular formula is C21H26F2O6. The number of ether oxygens (including phenoxy) is 4. The van der Waals surface area contributed by atoms with Crippen molar-refractivity contribution in [2.75, 3.05) is 28.4 Å². The third-order valence-electron chi connectivity index (χ3n) is 4.01. The summed E-state index contributed by atoms with van der Waals surface area (Å²) < 4.78 is 46.9. The number of rotatable bonds is 6. The van der Waals surface area contributed by atoms with E-state index < -0.39 is 17.2 Å². The van der Waals surface area contributed by atoms with Crippen LogP contribution in [0, 0.1) is 11.6 Å². The molecule has 2 rings (SSSR count). The largest absolute Gasteiger partial charge is 0.493 e. The van der Waals surface area contributed by atoms with Gasteiger partial charge in [-0.05, 0) is 45.0 Å². The molecule has 0 radical (unpaired) electrons. The molecule has 1 N–H and O–H groups in total. The van der Waals surface area contributed by atoms with Crippen molar-refractivity contribution in [3.05, 3.63) is 47.0 Å². The second kappa shape index (κ2) is 10.1. The zero-order valence-electron chi connectivity index (χ0n) is 17.6. The van der Waals surface area contributed by atoms with Gasteiger partial charge in [-0.1, -0.05) is 0 Å². The minimum Gasteiger partial charge on any atom is -0.493 e. The van der Waals surface area contributed by atoms with Crippen LogP contribution in [-0.2, 0) is 5.60 Å². The quantitative estimate of drug-likeness (QED) is 0.720. The maximum absolute atomic E-state index is 13.9. The number of carbonyl (C=O) groups excluding carboxylic acids is 1. The first-order valence-corrected chi connectivity index (χ1v) is 8.58. The molecule has 0 atom stereocenters. The summed E-state index contributed by atoms with van der Waals surface area (Å²) in [5, 5.41) is 9.72. The molecule has 2 aromatic rings. The van der Waals surface area contributed by atoms with Gasteiger partial charge in [0, 0.05) is 5.56 Å². The van der Waals surface area contributed by atoms with Crippen molar-refractivity contribution >= 4 is 5.78 Å². The van der Waals surface area contributed by atoms with Crippen molar-refractivity contribution in [2.24, 2.45) is 0 Å². The summed E-state index contributed by atoms with van der Waals surface area (Å²) in [6.07, 6.45) is 0. The van der Waals surface area contributed by atoms with Gasteiger partial charge in [0.15, 0.2) is 40.4 Å². The summed E-state index contributed by atoms with van der Waals surface area (Å²) in [6, 6.07) is 5.92. The number of Topliss-reactive ketones (excluding diaryl/α,β-unsaturated/α-hetero) is 1. The molecule has 160 valence electrons. The van der Waals surface area contributed by atoms with Crippen LogP contribution in [0.15, 0.2) is 24.3 Å². The summed E-state index contributed by atoms with van der Waals surface area (Å²) >= 11 is 0. The van der Waals surface area contributed by atoms with E-state index in [0.717, 1.165) is 0 Å². The van der Waals surface area contributed by atoms with Gasteiger partial charge in [-0.25, -0.2) is 8.78 Å². The lowest BCUT2D eigenvalue weighted by Crippen LogP contribution is -2.18. The summed E-state index contributed by atoms with van der Waals surface area (Å²) in [7, 11) is 5.52. The Morgan fingerprint density at radius 1 is 0.828 bits per heavy atom. The Morgan fingerprint density at radius 2 is 1.28 bits per heavy atom. The third kappa shape index (κ3) is 5.57. The summed E-state index contributed by atoms with van der Waals surface area (Å²) in [6.45, 7) is 4.32. The lowest BCUT2D eigenvalue weighted by atomic mass is 9.97. The number of halogens is 2. The van der Waals surface area contributed by atoms with Gasteiger partial charge in [0.05, 0.1) is 39.6 Å². The molecule has 0 spiro atoms. The van der Waals surface area contributed by atoms with Crippen LogP contribution in [0.1, 0.15) is 36.7 Å². The Morgan fingerprint density at radius 3 is 1.66 bits per heavy atom. The van der Waals surface area contributed by atoms with Gasteiger partial charge in [-0.15, -0.1) is 0 Å². The first-order chi connectivity index (χ1) is 13.5. The van der Waals surface area contributed by atoms with Crippen molar-refractivity contribution < 1.29 is 37.6 Å². The molecule has 0 saturated carbocycles. The van der Waals surface area contributed by atoms with Crippen LogP contribution in [0.5, 0.6) is 23.0 Å². The summed E-state index contributed by atoms with van der Waals surface area (Å²) in [5.74, 6) is -1.07. The van der Waals surface area contributed by atoms with Crippen LogP contribution in [0.4, 0.5) is 8.78 Å². The SMILES string of the molecule is COc1ccc(C(C)(C)O)c(F)c1OC.COc1ccc(C(C)=O)c(F)c1OC. The van der Waals surface area contributed by atoms with Gasteiger partial charge in [0.25, 0.3) is 0 Å². The fourth-order valence-electron chi connectivity index (χ4n) is 2.52. The van der Waals surface area contributed by atoms with E-state index in [2.05, 4.69) is 0 Å². The average Bonchev–Trinajstić information content (AvgIpc) is 2.66. The van der Waals surface area contributed by atoms with Gasteiger partial charge >= 0.3 is 0 Å². The molecule has 0 fully saturated rings. The van der Waals surface area contributed by atoms with Crippen molar-refractivity contribution in [1.29, 1.82) is 0 Å². The Bertz CT molecular complexity index is 859. The van der Waals surface area contributed by atoms with Crippen LogP contribution in [-0.4, -0.2) is 39.3 Å². The van der Waals surface area contributed by atoms with E-state index >= 15 is 0 Å². The van der Waals surface area contributed by atoms with Crippen molar-refractivity contribution in [2.45, 2.75) is 26.4 Å². The monoisotopic (exact) mass is 412 g/mol. The maximum atomic E-state index is 13.9. The fourth-order valence-corrected chi connectivity index (χ4v) is 2.52. The topological polar surface area (TPSA) is 74.2 Å². The second-order valence-corrected chi connectivity index (χ2v) is 6.44. The molecule has 0 bridgehead atoms. The average molecular weight is 412 g/mol. The lowest BCUT2D eigenvalue weighted by molar-refractivity contribution is 0.0737. The zero-order chi connectivity index (χ0) is 22.4. The number of ketones is 1. The number of carbonyl (C=O) groups is 1. The molecule has 2 aromatic carbocycles. The highest BCUT2D eigenvalue weighted by molar-refractivity contribution is 5.95. The fraction of sp³-hybridized carbons (Fsp3) is 0.381. The Balaban J connectivity index is 0.000000291. The molecule has 0 aliphatic heterocycles. The van der Waals surface area contributed by atoms with Gasteiger partial charge in [0.2, 0.25) is 0 Å². The Hall–Kier alpha value is -2.87. The first kappa shape index (κ1) is 24.2. The number of methoxy groups -OCH3 is 4. The molecule has 0 amide bonds. The number of aliphatic hydroxyl groups is 1. The minimum absolute atomic E-state index is 0.00245. The van der Waals surface area contributed by atoms with Gasteiger partial charge in [-0.2, -0.15) is 0 Å². The lowest BCUT2D eigenvalue weighted by Gasteiger charge is -2.20. The molecule has 0 aliphatic rings. The minimum atomic E-state index is -1.25. The predicted molar refractivity (Wildman–Crippen MR) is 104 cm³/mol. The van der Waals surface area contributed by atoms with Crippen LogP contribution >= 0.6 is 0 Å².